The van der Waals surface area contributed by atoms with E-state index in [0.717, 1.165) is 11.8 Å². The van der Waals surface area contributed by atoms with Crippen LogP contribution in [-0.2, 0) is 0 Å². The molecule has 0 aromatic rings. The summed E-state index contributed by atoms with van der Waals surface area (Å²) in [6, 6.07) is 0. The third-order valence-corrected chi connectivity index (χ3v) is 4.75. The zero-order chi connectivity index (χ0) is 11.6. The van der Waals surface area contributed by atoms with Crippen LogP contribution < -0.4 is 11.1 Å². The fourth-order valence-corrected chi connectivity index (χ4v) is 5.28. The molecule has 0 amide bonds. The van der Waals surface area contributed by atoms with Gasteiger partial charge in [0.05, 0.1) is 0 Å². The summed E-state index contributed by atoms with van der Waals surface area (Å²) >= 11 is 0. The maximum Gasteiger partial charge on any atom is 0.0209 e. The maximum absolute atomic E-state index is 6.58. The van der Waals surface area contributed by atoms with Crippen LogP contribution in [0.25, 0.3) is 0 Å². The van der Waals surface area contributed by atoms with Crippen LogP contribution in [0, 0.1) is 11.8 Å². The molecule has 4 bridgehead atoms. The van der Waals surface area contributed by atoms with E-state index in [9.17, 15) is 0 Å². The second-order valence-electron chi connectivity index (χ2n) is 7.98. The lowest BCUT2D eigenvalue weighted by Gasteiger charge is -2.62. The van der Waals surface area contributed by atoms with Gasteiger partial charge in [-0.3, -0.25) is 0 Å². The molecule has 4 aliphatic rings. The molecule has 0 aromatic carbocycles. The second kappa shape index (κ2) is 3.02. The number of nitrogens with one attached hydrogen (secondary N) is 1. The average Bonchev–Trinajstić information content (AvgIpc) is 1.91. The van der Waals surface area contributed by atoms with E-state index in [0.29, 0.717) is 5.54 Å². The van der Waals surface area contributed by atoms with Crippen LogP contribution in [0.2, 0.25) is 0 Å². The summed E-state index contributed by atoms with van der Waals surface area (Å²) in [5.74, 6) is 1.81. The highest BCUT2D eigenvalue weighted by Crippen LogP contribution is 2.56. The van der Waals surface area contributed by atoms with E-state index in [-0.39, 0.29) is 11.1 Å². The molecular weight excluding hydrogens is 196 g/mol. The Kier molecular flexibility index (Phi) is 2.09. The molecule has 92 valence electrons. The summed E-state index contributed by atoms with van der Waals surface area (Å²) in [6.45, 7) is 6.86. The molecule has 0 saturated heterocycles. The highest BCUT2D eigenvalue weighted by Gasteiger charge is 2.56. The molecule has 2 heteroatoms. The molecule has 2 unspecified atom stereocenters. The summed E-state index contributed by atoms with van der Waals surface area (Å²) in [5, 5.41) is 3.91. The second-order valence-corrected chi connectivity index (χ2v) is 7.98. The van der Waals surface area contributed by atoms with Crippen LogP contribution in [0.3, 0.4) is 0 Å². The number of hydrogen-bond donors (Lipinski definition) is 2. The highest BCUT2D eigenvalue weighted by molar-refractivity contribution is 5.15. The van der Waals surface area contributed by atoms with Crippen molar-refractivity contribution in [3.05, 3.63) is 0 Å². The van der Waals surface area contributed by atoms with Gasteiger partial charge in [0.2, 0.25) is 0 Å². The largest absolute Gasteiger partial charge is 0.325 e. The van der Waals surface area contributed by atoms with Crippen LogP contribution >= 0.6 is 0 Å². The highest BCUT2D eigenvalue weighted by atomic mass is 15.1. The minimum absolute atomic E-state index is 0.169. The lowest BCUT2D eigenvalue weighted by molar-refractivity contribution is -0.0455. The van der Waals surface area contributed by atoms with Crippen molar-refractivity contribution in [3.8, 4) is 0 Å². The summed E-state index contributed by atoms with van der Waals surface area (Å²) in [4.78, 5) is 0. The first-order valence-electron chi connectivity index (χ1n) is 6.86. The average molecular weight is 222 g/mol. The Hall–Kier alpha value is -0.0800. The number of hydrogen-bond acceptors (Lipinski definition) is 2. The lowest BCUT2D eigenvalue weighted by Crippen LogP contribution is -2.69. The molecule has 4 rings (SSSR count). The minimum Gasteiger partial charge on any atom is -0.325 e. The number of rotatable bonds is 1. The van der Waals surface area contributed by atoms with Crippen molar-refractivity contribution in [2.45, 2.75) is 75.9 Å². The quantitative estimate of drug-likeness (QED) is 0.715. The summed E-state index contributed by atoms with van der Waals surface area (Å²) in [7, 11) is 0. The third-order valence-electron chi connectivity index (χ3n) is 4.75. The van der Waals surface area contributed by atoms with E-state index >= 15 is 0 Å². The van der Waals surface area contributed by atoms with E-state index < -0.39 is 0 Å². The summed E-state index contributed by atoms with van der Waals surface area (Å²) in [6.07, 6.45) is 7.99. The van der Waals surface area contributed by atoms with Crippen LogP contribution in [0.15, 0.2) is 0 Å². The van der Waals surface area contributed by atoms with Crippen molar-refractivity contribution in [1.29, 1.82) is 0 Å². The lowest BCUT2D eigenvalue weighted by atomic mass is 9.50. The van der Waals surface area contributed by atoms with Crippen molar-refractivity contribution < 1.29 is 0 Å². The Morgan fingerprint density at radius 1 is 1.06 bits per heavy atom. The van der Waals surface area contributed by atoms with Gasteiger partial charge in [-0.2, -0.15) is 0 Å². The zero-order valence-corrected chi connectivity index (χ0v) is 11.0. The van der Waals surface area contributed by atoms with Crippen molar-refractivity contribution >= 4 is 0 Å². The Balaban J connectivity index is 1.86. The van der Waals surface area contributed by atoms with Crippen molar-refractivity contribution in [2.75, 3.05) is 0 Å². The SMILES string of the molecule is CC(C)(C)NC12CC3CC(CC(N)(C3)C1)C2. The normalized spacial score (nSPS) is 51.0. The Labute approximate surface area is 99.4 Å². The predicted molar refractivity (Wildman–Crippen MR) is 67.2 cm³/mol. The Bertz CT molecular complexity index is 284. The Morgan fingerprint density at radius 2 is 1.62 bits per heavy atom. The molecule has 3 N–H and O–H groups in total. The van der Waals surface area contributed by atoms with E-state index in [1.165, 1.54) is 38.5 Å². The Morgan fingerprint density at radius 3 is 2.06 bits per heavy atom. The van der Waals surface area contributed by atoms with Crippen molar-refractivity contribution in [2.24, 2.45) is 17.6 Å². The van der Waals surface area contributed by atoms with E-state index in [4.69, 9.17) is 5.73 Å². The zero-order valence-electron chi connectivity index (χ0n) is 11.0. The molecule has 4 aliphatic carbocycles. The monoisotopic (exact) mass is 222 g/mol. The van der Waals surface area contributed by atoms with Gasteiger partial charge in [0.1, 0.15) is 0 Å². The van der Waals surface area contributed by atoms with Crippen molar-refractivity contribution in [3.63, 3.8) is 0 Å². The van der Waals surface area contributed by atoms with Gasteiger partial charge in [0.15, 0.2) is 0 Å². The van der Waals surface area contributed by atoms with Crippen molar-refractivity contribution in [1.82, 2.24) is 5.32 Å². The van der Waals surface area contributed by atoms with E-state index in [2.05, 4.69) is 26.1 Å². The fourth-order valence-electron chi connectivity index (χ4n) is 5.28. The smallest absolute Gasteiger partial charge is 0.0209 e. The molecule has 2 nitrogen and oxygen atoms in total. The topological polar surface area (TPSA) is 38.0 Å². The first-order valence-corrected chi connectivity index (χ1v) is 6.86. The molecule has 2 atom stereocenters. The minimum atomic E-state index is 0.169. The van der Waals surface area contributed by atoms with Gasteiger partial charge in [0.25, 0.3) is 0 Å². The van der Waals surface area contributed by atoms with Gasteiger partial charge in [-0.15, -0.1) is 0 Å². The van der Waals surface area contributed by atoms with Gasteiger partial charge in [0, 0.05) is 16.6 Å². The number of nitrogens with two attached hydrogens (primary N) is 1. The third kappa shape index (κ3) is 1.80. The van der Waals surface area contributed by atoms with Gasteiger partial charge in [-0.05, 0) is 71.1 Å². The van der Waals surface area contributed by atoms with Crippen LogP contribution in [0.4, 0.5) is 0 Å². The first kappa shape index (κ1) is 11.0. The summed E-state index contributed by atoms with van der Waals surface area (Å²) in [5.41, 5.74) is 7.35. The van der Waals surface area contributed by atoms with Gasteiger partial charge >= 0.3 is 0 Å². The van der Waals surface area contributed by atoms with E-state index in [1.54, 1.807) is 0 Å². The standard InChI is InChI=1S/C14H26N2/c1-12(2,3)16-14-7-10-4-11(8-14)6-13(15,5-10)9-14/h10-11,16H,4-9,15H2,1-3H3. The van der Waals surface area contributed by atoms with Gasteiger partial charge in [-0.1, -0.05) is 0 Å². The molecule has 0 spiro atoms. The molecule has 0 aliphatic heterocycles. The molecule has 0 heterocycles. The fraction of sp³-hybridized carbons (Fsp3) is 1.00. The van der Waals surface area contributed by atoms with Gasteiger partial charge < -0.3 is 11.1 Å². The molecule has 16 heavy (non-hydrogen) atoms. The van der Waals surface area contributed by atoms with Crippen LogP contribution in [0.5, 0.6) is 0 Å². The predicted octanol–water partition coefficient (Wildman–Crippen LogP) is 2.42. The molecule has 4 saturated carbocycles. The van der Waals surface area contributed by atoms with E-state index in [1.807, 2.05) is 0 Å². The maximum atomic E-state index is 6.58. The molecular formula is C14H26N2. The molecule has 0 radical (unpaired) electrons. The van der Waals surface area contributed by atoms with Crippen LogP contribution in [-0.4, -0.2) is 16.6 Å². The molecule has 4 fully saturated rings. The van der Waals surface area contributed by atoms with Gasteiger partial charge in [-0.25, -0.2) is 0 Å². The molecule has 0 aromatic heterocycles. The summed E-state index contributed by atoms with van der Waals surface area (Å²) < 4.78 is 0. The van der Waals surface area contributed by atoms with Crippen LogP contribution in [0.1, 0.15) is 59.3 Å². The first-order chi connectivity index (χ1) is 7.28.